The highest BCUT2D eigenvalue weighted by atomic mass is 15.3. The van der Waals surface area contributed by atoms with Crippen LogP contribution < -0.4 is 4.68 Å². The molecule has 0 unspecified atom stereocenters. The molecule has 2 rings (SSSR count). The zero-order chi connectivity index (χ0) is 12.1. The number of aromatic nitrogens is 2. The molecule has 0 bridgehead atoms. The van der Waals surface area contributed by atoms with Crippen LogP contribution in [0.4, 0.5) is 0 Å². The van der Waals surface area contributed by atoms with Crippen molar-refractivity contribution in [3.05, 3.63) is 54.1 Å². The molecule has 0 aliphatic carbocycles. The number of rotatable bonds is 2. The van der Waals surface area contributed by atoms with Gasteiger partial charge in [-0.15, -0.1) is 0 Å². The highest BCUT2D eigenvalue weighted by molar-refractivity contribution is 5.84. The number of hydrogen-bond donors (Lipinski definition) is 0. The predicted molar refractivity (Wildman–Crippen MR) is 63.6 cm³/mol. The smallest absolute Gasteiger partial charge is 0.335 e. The summed E-state index contributed by atoms with van der Waals surface area (Å²) in [7, 11) is 0. The van der Waals surface area contributed by atoms with Gasteiger partial charge in [0, 0.05) is 16.7 Å². The van der Waals surface area contributed by atoms with Gasteiger partial charge in [-0.3, -0.25) is 0 Å². The monoisotopic (exact) mass is 220 g/mol. The van der Waals surface area contributed by atoms with E-state index in [0.717, 1.165) is 11.3 Å². The molecule has 0 saturated carbocycles. The van der Waals surface area contributed by atoms with Gasteiger partial charge in [0.15, 0.2) is 6.07 Å². The van der Waals surface area contributed by atoms with E-state index < -0.39 is 0 Å². The van der Waals surface area contributed by atoms with E-state index in [1.807, 2.05) is 36.4 Å². The Bertz CT molecular complexity index is 619. The Balaban J connectivity index is 2.50. The van der Waals surface area contributed by atoms with Crippen LogP contribution in [-0.4, -0.2) is 11.0 Å². The minimum atomic E-state index is -0.0530. The van der Waals surface area contributed by atoms with Crippen molar-refractivity contribution in [3.8, 4) is 17.3 Å². The van der Waals surface area contributed by atoms with Crippen LogP contribution in [0.1, 0.15) is 0 Å². The van der Waals surface area contributed by atoms with Gasteiger partial charge in [0.2, 0.25) is 6.20 Å². The van der Waals surface area contributed by atoms with Gasteiger partial charge in [0.1, 0.15) is 5.69 Å². The fourth-order valence-electron chi connectivity index (χ4n) is 1.41. The molecule has 0 aliphatic heterocycles. The molecule has 0 amide bonds. The Morgan fingerprint density at radius 3 is 2.59 bits per heavy atom. The zero-order valence-corrected chi connectivity index (χ0v) is 8.91. The summed E-state index contributed by atoms with van der Waals surface area (Å²) in [5.41, 5.74) is 1.61. The van der Waals surface area contributed by atoms with Gasteiger partial charge in [0.25, 0.3) is 0 Å². The van der Waals surface area contributed by atoms with E-state index in [1.54, 1.807) is 24.2 Å². The van der Waals surface area contributed by atoms with Crippen molar-refractivity contribution in [2.75, 3.05) is 0 Å². The lowest BCUT2D eigenvalue weighted by molar-refractivity contribution is -0.640. The molecule has 0 radical (unpaired) electrons. The summed E-state index contributed by atoms with van der Waals surface area (Å²) in [5.74, 6) is 1.80. The normalized spacial score (nSPS) is 9.12. The number of benzene rings is 1. The molecule has 4 heteroatoms. The Labute approximate surface area is 98.6 Å². The molecule has 4 nitrogen and oxygen atoms in total. The first kappa shape index (κ1) is 10.7. The summed E-state index contributed by atoms with van der Waals surface area (Å²) in [5, 5.41) is 21.8. The molecule has 0 saturated heterocycles. The molecule has 0 atom stereocenters. The molecule has 0 N–H and O–H groups in total. The van der Waals surface area contributed by atoms with Crippen molar-refractivity contribution in [1.29, 1.82) is 5.26 Å². The summed E-state index contributed by atoms with van der Waals surface area (Å²) in [6.45, 7) is 0. The summed E-state index contributed by atoms with van der Waals surface area (Å²) < 4.78 is 1.28. The molecular weight excluding hydrogens is 212 g/mol. The average Bonchev–Trinajstić information content (AvgIpc) is 2.42. The molecule has 80 valence electrons. The minimum Gasteiger partial charge on any atom is -0.757 e. The molecule has 0 fully saturated rings. The second kappa shape index (κ2) is 4.84. The highest BCUT2D eigenvalue weighted by Crippen LogP contribution is 2.13. The van der Waals surface area contributed by atoms with Crippen molar-refractivity contribution in [2.24, 2.45) is 0 Å². The van der Waals surface area contributed by atoms with Gasteiger partial charge in [-0.1, -0.05) is 30.3 Å². The van der Waals surface area contributed by atoms with E-state index in [4.69, 9.17) is 10.7 Å². The van der Waals surface area contributed by atoms with Crippen LogP contribution in [0.25, 0.3) is 22.4 Å². The van der Waals surface area contributed by atoms with Crippen LogP contribution in [0.3, 0.4) is 0 Å². The van der Waals surface area contributed by atoms with E-state index in [-0.39, 0.29) is 5.70 Å². The first-order chi connectivity index (χ1) is 8.35. The summed E-state index contributed by atoms with van der Waals surface area (Å²) >= 11 is 0. The van der Waals surface area contributed by atoms with Gasteiger partial charge in [-0.25, -0.2) is 0 Å². The Morgan fingerprint density at radius 1 is 1.18 bits per heavy atom. The average molecular weight is 220 g/mol. The van der Waals surface area contributed by atoms with E-state index in [0.29, 0.717) is 0 Å². The van der Waals surface area contributed by atoms with Crippen LogP contribution >= 0.6 is 0 Å². The van der Waals surface area contributed by atoms with E-state index >= 15 is 0 Å². The van der Waals surface area contributed by atoms with Gasteiger partial charge < -0.3 is 5.41 Å². The maximum Gasteiger partial charge on any atom is 0.335 e. The van der Waals surface area contributed by atoms with E-state index in [9.17, 15) is 0 Å². The third kappa shape index (κ3) is 2.25. The number of nitrogens with zero attached hydrogens (tertiary/aromatic N) is 4. The Hall–Kier alpha value is -2.76. The van der Waals surface area contributed by atoms with Crippen molar-refractivity contribution in [1.82, 2.24) is 5.10 Å². The summed E-state index contributed by atoms with van der Waals surface area (Å²) in [4.78, 5) is 0. The molecule has 1 heterocycles. The third-order valence-electron chi connectivity index (χ3n) is 2.21. The largest absolute Gasteiger partial charge is 0.757 e. The van der Waals surface area contributed by atoms with E-state index in [1.165, 1.54) is 4.68 Å². The van der Waals surface area contributed by atoms with Crippen LogP contribution in [0.5, 0.6) is 0 Å². The van der Waals surface area contributed by atoms with Crippen molar-refractivity contribution in [3.63, 3.8) is 0 Å². The first-order valence-corrected chi connectivity index (χ1v) is 4.97. The lowest BCUT2D eigenvalue weighted by Crippen LogP contribution is -2.36. The van der Waals surface area contributed by atoms with Crippen molar-refractivity contribution < 1.29 is 4.68 Å². The second-order valence-electron chi connectivity index (χ2n) is 3.28. The Morgan fingerprint density at radius 2 is 1.94 bits per heavy atom. The zero-order valence-electron chi connectivity index (χ0n) is 8.91. The van der Waals surface area contributed by atoms with Gasteiger partial charge in [-0.2, -0.15) is 11.1 Å². The third-order valence-corrected chi connectivity index (χ3v) is 2.21. The molecule has 1 aromatic carbocycles. The molecule has 0 spiro atoms. The van der Waals surface area contributed by atoms with Gasteiger partial charge >= 0.3 is 5.70 Å². The maximum absolute atomic E-state index is 8.77. The molecule has 17 heavy (non-hydrogen) atoms. The topological polar surface area (TPSA) is 62.9 Å². The number of hydrogen-bond acceptors (Lipinski definition) is 2. The summed E-state index contributed by atoms with van der Waals surface area (Å²) in [6, 6.07) is 15.0. The van der Waals surface area contributed by atoms with Gasteiger partial charge in [-0.05, 0) is 10.7 Å². The predicted octanol–water partition coefficient (Wildman–Crippen LogP) is 1.64. The highest BCUT2D eigenvalue weighted by Gasteiger charge is 2.10. The van der Waals surface area contributed by atoms with Crippen molar-refractivity contribution in [2.45, 2.75) is 0 Å². The van der Waals surface area contributed by atoms with Crippen LogP contribution in [-0.2, 0) is 0 Å². The second-order valence-corrected chi connectivity index (χ2v) is 3.28. The van der Waals surface area contributed by atoms with Crippen LogP contribution in [0, 0.1) is 11.3 Å². The summed E-state index contributed by atoms with van der Waals surface area (Å²) in [6.07, 6.45) is 1.58. The molecule has 2 aromatic rings. The molecular formula is C13H8N4. The lowest BCUT2D eigenvalue weighted by atomic mass is 10.1. The Kier molecular flexibility index (Phi) is 3.06. The van der Waals surface area contributed by atoms with E-state index in [2.05, 4.69) is 5.10 Å². The standard InChI is InChI=1S/C13H8N4/c14-9-12(10-15)17-8-4-7-13(16-17)11-5-2-1-3-6-11/h1-8H. The van der Waals surface area contributed by atoms with Crippen molar-refractivity contribution >= 4 is 11.6 Å². The number of allylic oxidation sites excluding steroid dienone is 1. The van der Waals surface area contributed by atoms with Gasteiger partial charge in [0.05, 0.1) is 0 Å². The van der Waals surface area contributed by atoms with Crippen LogP contribution in [0.2, 0.25) is 0 Å². The van der Waals surface area contributed by atoms with Crippen LogP contribution in [0.15, 0.2) is 48.7 Å². The quantitative estimate of drug-likeness (QED) is 0.438. The first-order valence-electron chi connectivity index (χ1n) is 4.97. The maximum atomic E-state index is 8.77. The fourth-order valence-corrected chi connectivity index (χ4v) is 1.41. The minimum absolute atomic E-state index is 0.0530. The molecule has 1 aromatic heterocycles. The fraction of sp³-hybridized carbons (Fsp3) is 0. The molecule has 0 aliphatic rings. The number of nitriles is 1. The lowest BCUT2D eigenvalue weighted by Gasteiger charge is -1.97. The SMILES string of the molecule is N#CC(=C=[N-])[n+]1cccc(-c2ccccc2)n1.